The summed E-state index contributed by atoms with van der Waals surface area (Å²) in [6.07, 6.45) is 0. The van der Waals surface area contributed by atoms with Crippen molar-refractivity contribution in [2.75, 3.05) is 41.5 Å². The van der Waals surface area contributed by atoms with Crippen molar-refractivity contribution in [1.29, 1.82) is 5.26 Å². The van der Waals surface area contributed by atoms with Crippen molar-refractivity contribution >= 4 is 17.2 Å². The summed E-state index contributed by atoms with van der Waals surface area (Å²) >= 11 is 1.30. The third-order valence-electron chi connectivity index (χ3n) is 7.91. The number of hydrogen-bond acceptors (Lipinski definition) is 10. The summed E-state index contributed by atoms with van der Waals surface area (Å²) in [4.78, 5) is 11.9. The number of aromatic nitrogens is 1. The first-order valence-corrected chi connectivity index (χ1v) is 13.2. The van der Waals surface area contributed by atoms with Crippen LogP contribution in [0.2, 0.25) is 0 Å². The van der Waals surface area contributed by atoms with E-state index in [1.807, 2.05) is 44.4 Å². The minimum atomic E-state index is -1.65. The Hall–Kier alpha value is -3.49. The lowest BCUT2D eigenvalue weighted by molar-refractivity contribution is -0.0815. The molecule has 1 aliphatic carbocycles. The second kappa shape index (κ2) is 8.78. The molecular formula is C28H29N5O4S. The Morgan fingerprint density at radius 1 is 1.16 bits per heavy atom. The number of nitrogens with zero attached hydrogens (tertiary/aromatic N) is 4. The zero-order chi connectivity index (χ0) is 26.7. The SMILES string of the molecule is COCC1=N[C@@]2(O)[C@H](CN(C)C)[C@@H](c3ccccc3)[C@]3(c4ccc(C#N)cc4)Oc4sc(OC)nc4[C@]23N1. The summed E-state index contributed by atoms with van der Waals surface area (Å²) in [6, 6.07) is 19.7. The molecule has 1 aromatic heterocycles. The number of nitrogens with one attached hydrogen (secondary N) is 1. The first-order valence-electron chi connectivity index (χ1n) is 12.4. The monoisotopic (exact) mass is 531 g/mol. The molecule has 2 aromatic carbocycles. The molecule has 9 nitrogen and oxygen atoms in total. The Kier molecular flexibility index (Phi) is 5.74. The number of methoxy groups -OCH3 is 2. The van der Waals surface area contributed by atoms with E-state index in [0.717, 1.165) is 11.1 Å². The number of benzene rings is 2. The highest BCUT2D eigenvalue weighted by atomic mass is 32.1. The first-order chi connectivity index (χ1) is 18.3. The van der Waals surface area contributed by atoms with Crippen molar-refractivity contribution in [3.8, 4) is 16.3 Å². The van der Waals surface area contributed by atoms with E-state index in [1.165, 1.54) is 11.3 Å². The Bertz CT molecular complexity index is 1440. The maximum absolute atomic E-state index is 12.9. The standard InChI is InChI=1S/C28H29N5O4S/c1-33(2)15-20-22(18-8-6-5-7-9-18)26(19-12-10-17(14-29)11-13-19)27(23-24(37-26)38-25(30-23)36-4)28(20,34)32-21(31-27)16-35-3/h5-13,20,22,34H,15-16H2,1-4H3,(H,31,32)/t20-,22-,26+,27-,28-/m1/s1. The van der Waals surface area contributed by atoms with E-state index in [4.69, 9.17) is 24.2 Å². The van der Waals surface area contributed by atoms with Crippen LogP contribution in [0.4, 0.5) is 0 Å². The molecule has 3 heterocycles. The second-order valence-electron chi connectivity index (χ2n) is 10.2. The number of ether oxygens (including phenoxy) is 3. The van der Waals surface area contributed by atoms with Gasteiger partial charge in [0.05, 0.1) is 18.7 Å². The van der Waals surface area contributed by atoms with Crippen LogP contribution in [-0.2, 0) is 15.9 Å². The molecule has 6 rings (SSSR count). The fourth-order valence-electron chi connectivity index (χ4n) is 6.68. The third-order valence-corrected chi connectivity index (χ3v) is 8.80. The van der Waals surface area contributed by atoms with E-state index in [9.17, 15) is 10.4 Å². The highest BCUT2D eigenvalue weighted by Gasteiger charge is 2.85. The normalized spacial score (nSPS) is 30.6. The van der Waals surface area contributed by atoms with Gasteiger partial charge in [-0.15, -0.1) is 0 Å². The number of rotatable bonds is 7. The van der Waals surface area contributed by atoms with Crippen LogP contribution >= 0.6 is 11.3 Å². The molecular weight excluding hydrogens is 502 g/mol. The smallest absolute Gasteiger partial charge is 0.276 e. The van der Waals surface area contributed by atoms with E-state index in [1.54, 1.807) is 26.4 Å². The van der Waals surface area contributed by atoms with E-state index in [2.05, 4.69) is 28.4 Å². The van der Waals surface area contributed by atoms with Gasteiger partial charge in [-0.05, 0) is 48.7 Å². The van der Waals surface area contributed by atoms with Gasteiger partial charge < -0.3 is 29.5 Å². The molecule has 0 unspecified atom stereocenters. The summed E-state index contributed by atoms with van der Waals surface area (Å²) in [5.41, 5.74) is -1.17. The number of aliphatic hydroxyl groups is 1. The molecule has 1 saturated carbocycles. The van der Waals surface area contributed by atoms with E-state index >= 15 is 0 Å². The highest BCUT2D eigenvalue weighted by Crippen LogP contribution is 2.74. The van der Waals surface area contributed by atoms with E-state index in [-0.39, 0.29) is 12.5 Å². The molecule has 0 radical (unpaired) electrons. The average Bonchev–Trinajstić information content (AvgIpc) is 3.58. The molecule has 0 saturated heterocycles. The lowest BCUT2D eigenvalue weighted by atomic mass is 9.69. The molecule has 196 valence electrons. The molecule has 2 N–H and O–H groups in total. The van der Waals surface area contributed by atoms with Gasteiger partial charge in [0.25, 0.3) is 5.19 Å². The maximum atomic E-state index is 12.9. The van der Waals surface area contributed by atoms with Gasteiger partial charge >= 0.3 is 0 Å². The van der Waals surface area contributed by atoms with Gasteiger partial charge in [0.15, 0.2) is 16.9 Å². The van der Waals surface area contributed by atoms with Crippen LogP contribution in [0.15, 0.2) is 59.6 Å². The van der Waals surface area contributed by atoms with Crippen molar-refractivity contribution in [2.45, 2.75) is 22.8 Å². The number of aliphatic imine (C=N–C) groups is 1. The van der Waals surface area contributed by atoms with Gasteiger partial charge in [0.2, 0.25) is 5.06 Å². The van der Waals surface area contributed by atoms with E-state index in [0.29, 0.717) is 33.9 Å². The van der Waals surface area contributed by atoms with Crippen LogP contribution in [0.25, 0.3) is 0 Å². The number of hydrogen-bond donors (Lipinski definition) is 2. The quantitative estimate of drug-likeness (QED) is 0.479. The van der Waals surface area contributed by atoms with Gasteiger partial charge in [-0.1, -0.05) is 42.5 Å². The Morgan fingerprint density at radius 2 is 1.89 bits per heavy atom. The zero-order valence-electron chi connectivity index (χ0n) is 21.6. The van der Waals surface area contributed by atoms with E-state index < -0.39 is 22.8 Å². The highest BCUT2D eigenvalue weighted by molar-refractivity contribution is 7.15. The predicted octanol–water partition coefficient (Wildman–Crippen LogP) is 2.82. The van der Waals surface area contributed by atoms with Crippen molar-refractivity contribution in [3.05, 3.63) is 77.0 Å². The molecule has 1 spiro atoms. The van der Waals surface area contributed by atoms with Crippen LogP contribution < -0.4 is 14.8 Å². The zero-order valence-corrected chi connectivity index (χ0v) is 22.5. The van der Waals surface area contributed by atoms with Crippen LogP contribution in [0.3, 0.4) is 0 Å². The summed E-state index contributed by atoms with van der Waals surface area (Å²) in [5.74, 6) is -0.221. The molecule has 1 fully saturated rings. The van der Waals surface area contributed by atoms with Gasteiger partial charge in [0, 0.05) is 25.5 Å². The number of fused-ring (bicyclic) bond motifs is 1. The van der Waals surface area contributed by atoms with Gasteiger partial charge in [-0.3, -0.25) is 0 Å². The molecule has 5 atom stereocenters. The lowest BCUT2D eigenvalue weighted by Crippen LogP contribution is -2.63. The number of nitriles is 1. The van der Waals surface area contributed by atoms with Crippen LogP contribution in [0, 0.1) is 17.2 Å². The van der Waals surface area contributed by atoms with Crippen LogP contribution in [0.1, 0.15) is 28.3 Å². The molecule has 0 bridgehead atoms. The fraction of sp³-hybridized carbons (Fsp3) is 0.393. The van der Waals surface area contributed by atoms with Crippen LogP contribution in [0.5, 0.6) is 10.3 Å². The summed E-state index contributed by atoms with van der Waals surface area (Å²) in [5, 5.41) is 27.0. The van der Waals surface area contributed by atoms with Crippen molar-refractivity contribution in [3.63, 3.8) is 0 Å². The van der Waals surface area contributed by atoms with Crippen molar-refractivity contribution in [1.82, 2.24) is 15.2 Å². The molecule has 3 aromatic rings. The largest absolute Gasteiger partial charge is 0.473 e. The molecule has 0 amide bonds. The topological polar surface area (TPSA) is 112 Å². The summed E-state index contributed by atoms with van der Waals surface area (Å²) < 4.78 is 18.0. The summed E-state index contributed by atoms with van der Waals surface area (Å²) in [7, 11) is 7.14. The Labute approximate surface area is 225 Å². The van der Waals surface area contributed by atoms with Crippen molar-refractivity contribution < 1.29 is 19.3 Å². The minimum Gasteiger partial charge on any atom is -0.473 e. The Balaban J connectivity index is 1.71. The first kappa shape index (κ1) is 24.8. The van der Waals surface area contributed by atoms with Gasteiger partial charge in [-0.2, -0.15) is 5.26 Å². The number of thiazole rings is 1. The third kappa shape index (κ3) is 3.07. The predicted molar refractivity (Wildman–Crippen MR) is 142 cm³/mol. The average molecular weight is 532 g/mol. The van der Waals surface area contributed by atoms with Crippen LogP contribution in [-0.4, -0.2) is 68.0 Å². The number of amidine groups is 1. The fourth-order valence-corrected chi connectivity index (χ4v) is 7.53. The minimum absolute atomic E-state index is 0.189. The van der Waals surface area contributed by atoms with Gasteiger partial charge in [-0.25, -0.2) is 9.98 Å². The van der Waals surface area contributed by atoms with Gasteiger partial charge in [0.1, 0.15) is 18.1 Å². The molecule has 10 heteroatoms. The lowest BCUT2D eigenvalue weighted by Gasteiger charge is -2.43. The molecule has 38 heavy (non-hydrogen) atoms. The maximum Gasteiger partial charge on any atom is 0.276 e. The Morgan fingerprint density at radius 3 is 2.53 bits per heavy atom. The summed E-state index contributed by atoms with van der Waals surface area (Å²) in [6.45, 7) is 0.718. The van der Waals surface area contributed by atoms with Crippen molar-refractivity contribution in [2.24, 2.45) is 10.9 Å². The molecule has 2 aliphatic heterocycles. The molecule has 3 aliphatic rings. The second-order valence-corrected chi connectivity index (χ2v) is 11.1.